The van der Waals surface area contributed by atoms with Gasteiger partial charge in [0.1, 0.15) is 5.82 Å². The molecule has 4 heteroatoms. The fraction of sp³-hybridized carbons (Fsp3) is 0.333. The van der Waals surface area contributed by atoms with E-state index in [-0.39, 0.29) is 24.3 Å². The number of ketones is 1. The van der Waals surface area contributed by atoms with E-state index in [0.29, 0.717) is 5.56 Å². The Hall–Kier alpha value is -1.71. The Kier molecular flexibility index (Phi) is 2.99. The van der Waals surface area contributed by atoms with Crippen LogP contribution >= 0.6 is 0 Å². The smallest absolute Gasteiger partial charge is 0.309 e. The van der Waals surface area contributed by atoms with E-state index in [1.807, 2.05) is 0 Å². The molecule has 0 aliphatic heterocycles. The van der Waals surface area contributed by atoms with Gasteiger partial charge in [0.25, 0.3) is 0 Å². The van der Waals surface area contributed by atoms with Crippen molar-refractivity contribution >= 4 is 11.8 Å². The van der Waals surface area contributed by atoms with Crippen LogP contribution in [-0.2, 0) is 9.53 Å². The van der Waals surface area contributed by atoms with Gasteiger partial charge in [-0.25, -0.2) is 4.39 Å². The quantitative estimate of drug-likeness (QED) is 0.577. The maximum absolute atomic E-state index is 12.6. The average Bonchev–Trinajstić information content (AvgIpc) is 3.10. The van der Waals surface area contributed by atoms with E-state index in [2.05, 4.69) is 0 Å². The summed E-state index contributed by atoms with van der Waals surface area (Å²) in [6.07, 6.45) is 1.70. The van der Waals surface area contributed by atoms with E-state index in [4.69, 9.17) is 4.74 Å². The zero-order chi connectivity index (χ0) is 11.5. The van der Waals surface area contributed by atoms with Crippen LogP contribution in [-0.4, -0.2) is 18.4 Å². The van der Waals surface area contributed by atoms with E-state index >= 15 is 0 Å². The summed E-state index contributed by atoms with van der Waals surface area (Å²) in [6, 6.07) is 5.16. The third-order valence-corrected chi connectivity index (χ3v) is 2.42. The van der Waals surface area contributed by atoms with E-state index < -0.39 is 5.82 Å². The summed E-state index contributed by atoms with van der Waals surface area (Å²) in [5.74, 6) is -1.03. The summed E-state index contributed by atoms with van der Waals surface area (Å²) in [4.78, 5) is 22.7. The first-order chi connectivity index (χ1) is 7.66. The molecule has 0 aromatic heterocycles. The molecule has 1 fully saturated rings. The van der Waals surface area contributed by atoms with Crippen molar-refractivity contribution in [3.8, 4) is 0 Å². The van der Waals surface area contributed by atoms with Crippen LogP contribution in [0, 0.1) is 11.7 Å². The summed E-state index contributed by atoms with van der Waals surface area (Å²) >= 11 is 0. The molecule has 0 unspecified atom stereocenters. The number of carbonyl (C=O) groups excluding carboxylic acids is 2. The Balaban J connectivity index is 1.87. The molecule has 1 saturated carbocycles. The average molecular weight is 222 g/mol. The van der Waals surface area contributed by atoms with E-state index in [9.17, 15) is 14.0 Å². The molecule has 2 rings (SSSR count). The molecule has 1 aliphatic rings. The number of rotatable bonds is 4. The molecule has 0 N–H and O–H groups in total. The topological polar surface area (TPSA) is 43.4 Å². The first kappa shape index (κ1) is 10.8. The summed E-state index contributed by atoms with van der Waals surface area (Å²) < 4.78 is 17.4. The van der Waals surface area contributed by atoms with Gasteiger partial charge in [0.2, 0.25) is 0 Å². The number of carbonyl (C=O) groups is 2. The minimum Gasteiger partial charge on any atom is -0.457 e. The van der Waals surface area contributed by atoms with Crippen molar-refractivity contribution in [2.24, 2.45) is 5.92 Å². The van der Waals surface area contributed by atoms with Crippen LogP contribution in [0.1, 0.15) is 23.2 Å². The molecular weight excluding hydrogens is 211 g/mol. The number of hydrogen-bond donors (Lipinski definition) is 0. The van der Waals surface area contributed by atoms with Gasteiger partial charge in [-0.2, -0.15) is 0 Å². The lowest BCUT2D eigenvalue weighted by Gasteiger charge is -2.03. The second-order valence-corrected chi connectivity index (χ2v) is 3.81. The molecule has 0 heterocycles. The van der Waals surface area contributed by atoms with Crippen molar-refractivity contribution in [3.05, 3.63) is 35.6 Å². The third-order valence-electron chi connectivity index (χ3n) is 2.42. The van der Waals surface area contributed by atoms with Crippen LogP contribution in [0.25, 0.3) is 0 Å². The second kappa shape index (κ2) is 4.43. The van der Waals surface area contributed by atoms with Gasteiger partial charge in [0, 0.05) is 5.56 Å². The molecule has 0 atom stereocenters. The molecule has 3 nitrogen and oxygen atoms in total. The zero-order valence-corrected chi connectivity index (χ0v) is 8.61. The normalized spacial score (nSPS) is 14.6. The predicted molar refractivity (Wildman–Crippen MR) is 54.4 cm³/mol. The van der Waals surface area contributed by atoms with Crippen LogP contribution in [0.15, 0.2) is 24.3 Å². The zero-order valence-electron chi connectivity index (χ0n) is 8.61. The van der Waals surface area contributed by atoms with Crippen LogP contribution < -0.4 is 0 Å². The summed E-state index contributed by atoms with van der Waals surface area (Å²) in [5, 5.41) is 0. The van der Waals surface area contributed by atoms with Crippen molar-refractivity contribution < 1.29 is 18.7 Å². The summed E-state index contributed by atoms with van der Waals surface area (Å²) in [6.45, 7) is -0.263. The van der Waals surface area contributed by atoms with Gasteiger partial charge in [-0.05, 0) is 37.1 Å². The molecule has 0 radical (unpaired) electrons. The van der Waals surface area contributed by atoms with E-state index in [0.717, 1.165) is 12.8 Å². The number of hydrogen-bond acceptors (Lipinski definition) is 3. The molecule has 84 valence electrons. The maximum Gasteiger partial charge on any atom is 0.309 e. The first-order valence-corrected chi connectivity index (χ1v) is 5.12. The Morgan fingerprint density at radius 1 is 1.25 bits per heavy atom. The standard InChI is InChI=1S/C12H11FO3/c13-10-5-3-8(4-6-10)11(14)7-16-12(15)9-1-2-9/h3-6,9H,1-2,7H2. The van der Waals surface area contributed by atoms with Crippen molar-refractivity contribution in [1.82, 2.24) is 0 Å². The Morgan fingerprint density at radius 3 is 2.44 bits per heavy atom. The number of benzene rings is 1. The van der Waals surface area contributed by atoms with E-state index in [1.165, 1.54) is 24.3 Å². The van der Waals surface area contributed by atoms with Crippen LogP contribution in [0.2, 0.25) is 0 Å². The summed E-state index contributed by atoms with van der Waals surface area (Å²) in [7, 11) is 0. The van der Waals surface area contributed by atoms with Gasteiger partial charge in [-0.1, -0.05) is 0 Å². The molecule has 1 aromatic rings. The molecular formula is C12H11FO3. The SMILES string of the molecule is O=C(COC(=O)C1CC1)c1ccc(F)cc1. The molecule has 0 spiro atoms. The summed E-state index contributed by atoms with van der Waals surface area (Å²) in [5.41, 5.74) is 0.352. The lowest BCUT2D eigenvalue weighted by Crippen LogP contribution is -2.15. The van der Waals surface area contributed by atoms with Crippen LogP contribution in [0.5, 0.6) is 0 Å². The molecule has 0 amide bonds. The van der Waals surface area contributed by atoms with Gasteiger partial charge >= 0.3 is 5.97 Å². The largest absolute Gasteiger partial charge is 0.457 e. The van der Waals surface area contributed by atoms with Gasteiger partial charge in [0.15, 0.2) is 12.4 Å². The number of Topliss-reactive ketones (excluding diaryl/α,β-unsaturated/α-hetero) is 1. The maximum atomic E-state index is 12.6. The molecule has 0 saturated heterocycles. The molecule has 1 aliphatic carbocycles. The first-order valence-electron chi connectivity index (χ1n) is 5.12. The minimum absolute atomic E-state index is 0.0129. The number of ether oxygens (including phenoxy) is 1. The van der Waals surface area contributed by atoms with Gasteiger partial charge in [0.05, 0.1) is 5.92 Å². The third kappa shape index (κ3) is 2.66. The predicted octanol–water partition coefficient (Wildman–Crippen LogP) is 1.96. The van der Waals surface area contributed by atoms with Crippen LogP contribution in [0.3, 0.4) is 0 Å². The lowest BCUT2D eigenvalue weighted by molar-refractivity contribution is -0.144. The fourth-order valence-electron chi connectivity index (χ4n) is 1.29. The molecule has 0 bridgehead atoms. The minimum atomic E-state index is -0.397. The second-order valence-electron chi connectivity index (χ2n) is 3.81. The van der Waals surface area contributed by atoms with Crippen molar-refractivity contribution in [2.75, 3.05) is 6.61 Å². The monoisotopic (exact) mass is 222 g/mol. The fourth-order valence-corrected chi connectivity index (χ4v) is 1.29. The number of halogens is 1. The molecule has 16 heavy (non-hydrogen) atoms. The van der Waals surface area contributed by atoms with Crippen molar-refractivity contribution in [2.45, 2.75) is 12.8 Å². The van der Waals surface area contributed by atoms with Crippen molar-refractivity contribution in [3.63, 3.8) is 0 Å². The Labute approximate surface area is 92.2 Å². The Bertz CT molecular complexity index is 407. The Morgan fingerprint density at radius 2 is 1.88 bits per heavy atom. The highest BCUT2D eigenvalue weighted by Gasteiger charge is 2.31. The number of esters is 1. The highest BCUT2D eigenvalue weighted by atomic mass is 19.1. The lowest BCUT2D eigenvalue weighted by atomic mass is 10.1. The highest BCUT2D eigenvalue weighted by Crippen LogP contribution is 2.30. The van der Waals surface area contributed by atoms with Crippen molar-refractivity contribution in [1.29, 1.82) is 0 Å². The molecule has 1 aromatic carbocycles. The van der Waals surface area contributed by atoms with Gasteiger partial charge in [-0.3, -0.25) is 9.59 Å². The van der Waals surface area contributed by atoms with E-state index in [1.54, 1.807) is 0 Å². The van der Waals surface area contributed by atoms with Gasteiger partial charge in [-0.15, -0.1) is 0 Å². The van der Waals surface area contributed by atoms with Gasteiger partial charge < -0.3 is 4.74 Å². The highest BCUT2D eigenvalue weighted by molar-refractivity contribution is 5.98. The van der Waals surface area contributed by atoms with Crippen LogP contribution in [0.4, 0.5) is 4.39 Å².